The quantitative estimate of drug-likeness (QED) is 0.175. The van der Waals surface area contributed by atoms with E-state index in [1.165, 1.54) is 28.3 Å². The number of nitrogens with zero attached hydrogens (tertiary/aromatic N) is 5. The maximum absolute atomic E-state index is 13.6. The number of methoxy groups -OCH3 is 1. The van der Waals surface area contributed by atoms with Crippen molar-refractivity contribution < 1.29 is 14.2 Å². The van der Waals surface area contributed by atoms with Crippen molar-refractivity contribution in [2.45, 2.75) is 0 Å². The third-order valence-corrected chi connectivity index (χ3v) is 6.41. The van der Waals surface area contributed by atoms with Crippen molar-refractivity contribution in [1.29, 1.82) is 0 Å². The summed E-state index contributed by atoms with van der Waals surface area (Å²) in [6.07, 6.45) is 4.79. The fraction of sp³-hybridized carbons (Fsp3) is 0.250. The predicted octanol–water partition coefficient (Wildman–Crippen LogP) is 4.52. The van der Waals surface area contributed by atoms with Gasteiger partial charge in [-0.25, -0.2) is 9.97 Å². The van der Waals surface area contributed by atoms with E-state index in [-0.39, 0.29) is 24.5 Å². The number of nitrogens with one attached hydrogen (secondary N) is 2. The Morgan fingerprint density at radius 1 is 1.13 bits per heavy atom. The Morgan fingerprint density at radius 3 is 2.56 bits per heavy atom. The molecule has 39 heavy (non-hydrogen) atoms. The number of hydrogen-bond donors (Lipinski definition) is 2. The van der Waals surface area contributed by atoms with Crippen LogP contribution in [0.15, 0.2) is 67.5 Å². The largest absolute Gasteiger partial charge is 0.633 e. The highest BCUT2D eigenvalue weighted by Gasteiger charge is 2.25. The van der Waals surface area contributed by atoms with Gasteiger partial charge in [0.25, 0.3) is 0 Å². The summed E-state index contributed by atoms with van der Waals surface area (Å²) in [4.78, 5) is 21.3. The number of rotatable bonds is 10. The van der Waals surface area contributed by atoms with E-state index in [2.05, 4.69) is 22.2 Å². The number of aryl methyl sites for hydroxylation is 1. The average molecular weight is 532 g/mol. The summed E-state index contributed by atoms with van der Waals surface area (Å²) in [5, 5.41) is 32.7. The lowest BCUT2D eigenvalue weighted by Gasteiger charge is -2.43. The zero-order valence-corrected chi connectivity index (χ0v) is 22.8. The molecule has 0 saturated carbocycles. The second kappa shape index (κ2) is 10.8. The molecule has 4 aromatic rings. The summed E-state index contributed by atoms with van der Waals surface area (Å²) in [7, 11) is 7.84. The first-order valence-electron chi connectivity index (χ1n) is 12.3. The summed E-state index contributed by atoms with van der Waals surface area (Å²) < 4.78 is 6.11. The van der Waals surface area contributed by atoms with Gasteiger partial charge in [-0.3, -0.25) is 4.79 Å². The van der Waals surface area contributed by atoms with Gasteiger partial charge in [-0.2, -0.15) is 0 Å². The van der Waals surface area contributed by atoms with Gasteiger partial charge in [0.1, 0.15) is 24.5 Å². The number of carbonyl (C=O) groups is 1. The van der Waals surface area contributed by atoms with Gasteiger partial charge in [0.15, 0.2) is 5.69 Å². The number of carbonyl (C=O) groups excluding carboxylic acids is 1. The maximum atomic E-state index is 13.6. The highest BCUT2D eigenvalue weighted by Crippen LogP contribution is 2.40. The minimum absolute atomic E-state index is 0.0143. The number of amides is 1. The van der Waals surface area contributed by atoms with Gasteiger partial charge < -0.3 is 39.6 Å². The summed E-state index contributed by atoms with van der Waals surface area (Å²) >= 11 is 0. The average Bonchev–Trinajstić information content (AvgIpc) is 3.24. The highest BCUT2D eigenvalue weighted by molar-refractivity contribution is 6.02. The molecule has 1 atom stereocenters. The van der Waals surface area contributed by atoms with Crippen molar-refractivity contribution in [3.63, 3.8) is 0 Å². The highest BCUT2D eigenvalue weighted by atomic mass is 16.6. The van der Waals surface area contributed by atoms with Crippen molar-refractivity contribution >= 4 is 39.8 Å². The minimum atomic E-state index is -0.902. The Hall–Kier alpha value is -4.29. The van der Waals surface area contributed by atoms with Gasteiger partial charge in [-0.15, -0.1) is 0 Å². The first-order valence-corrected chi connectivity index (χ1v) is 12.3. The molecular weight excluding hydrogens is 498 g/mol. The van der Waals surface area contributed by atoms with Crippen LogP contribution in [0.3, 0.4) is 0 Å². The molecule has 0 aliphatic rings. The topological polar surface area (TPSA) is 127 Å². The number of hydrogen-bond acceptors (Lipinski definition) is 7. The van der Waals surface area contributed by atoms with Crippen molar-refractivity contribution in [1.82, 2.24) is 19.2 Å². The first-order chi connectivity index (χ1) is 18.4. The molecule has 2 aromatic carbocycles. The van der Waals surface area contributed by atoms with Gasteiger partial charge in [-0.1, -0.05) is 24.8 Å². The summed E-state index contributed by atoms with van der Waals surface area (Å²) in [6.45, 7) is 3.56. The molecule has 2 N–H and O–H groups in total. The Labute approximate surface area is 227 Å². The van der Waals surface area contributed by atoms with E-state index >= 15 is 0 Å². The lowest BCUT2D eigenvalue weighted by atomic mass is 10.1. The second-order valence-corrected chi connectivity index (χ2v) is 9.95. The summed E-state index contributed by atoms with van der Waals surface area (Å²) in [5.74, 6) is 0.163. The lowest BCUT2D eigenvalue weighted by molar-refractivity contribution is -0.839. The van der Waals surface area contributed by atoms with Crippen LogP contribution in [-0.2, 0) is 11.8 Å². The molecule has 0 aliphatic carbocycles. The number of benzene rings is 2. The van der Waals surface area contributed by atoms with Crippen LogP contribution in [0.25, 0.3) is 22.2 Å². The third-order valence-electron chi connectivity index (χ3n) is 6.41. The van der Waals surface area contributed by atoms with Crippen LogP contribution < -0.4 is 20.0 Å². The first kappa shape index (κ1) is 27.7. The number of aromatic nitrogens is 3. The molecule has 11 nitrogen and oxygen atoms in total. The number of ether oxygens (including phenoxy) is 1. The van der Waals surface area contributed by atoms with Crippen LogP contribution in [-0.4, -0.2) is 66.4 Å². The van der Waals surface area contributed by atoms with Crippen LogP contribution in [0.2, 0.25) is 0 Å². The molecule has 1 unspecified atom stereocenters. The van der Waals surface area contributed by atoms with Crippen LogP contribution in [0.5, 0.6) is 5.75 Å². The number of quaternary nitrogens is 2. The minimum Gasteiger partial charge on any atom is -0.633 e. The molecule has 0 radical (unpaired) electrons. The fourth-order valence-electron chi connectivity index (χ4n) is 4.30. The van der Waals surface area contributed by atoms with Gasteiger partial charge >= 0.3 is 0 Å². The van der Waals surface area contributed by atoms with Crippen molar-refractivity contribution in [3.05, 3.63) is 77.9 Å². The smallest absolute Gasteiger partial charge is 0.247 e. The molecule has 204 valence electrons. The molecular formula is C28H33N7O4. The molecule has 0 saturated heterocycles. The van der Waals surface area contributed by atoms with E-state index in [4.69, 9.17) is 9.72 Å². The Bertz CT molecular complexity index is 1520. The van der Waals surface area contributed by atoms with E-state index in [9.17, 15) is 15.2 Å². The normalized spacial score (nSPS) is 13.1. The molecule has 0 spiro atoms. The van der Waals surface area contributed by atoms with Gasteiger partial charge in [0, 0.05) is 42.0 Å². The van der Waals surface area contributed by atoms with Crippen molar-refractivity contribution in [3.8, 4) is 17.0 Å². The predicted molar refractivity (Wildman–Crippen MR) is 155 cm³/mol. The number of fused-ring (bicyclic) bond motifs is 1. The van der Waals surface area contributed by atoms with E-state index in [1.807, 2.05) is 48.1 Å². The van der Waals surface area contributed by atoms with Crippen LogP contribution in [0, 0.1) is 10.4 Å². The lowest BCUT2D eigenvalue weighted by Crippen LogP contribution is -2.48. The molecule has 0 bridgehead atoms. The second-order valence-electron chi connectivity index (χ2n) is 9.95. The van der Waals surface area contributed by atoms with Crippen LogP contribution >= 0.6 is 0 Å². The summed E-state index contributed by atoms with van der Waals surface area (Å²) in [5.41, 5.74) is 3.68. The number of anilines is 3. The Morgan fingerprint density at radius 2 is 1.87 bits per heavy atom. The van der Waals surface area contributed by atoms with Gasteiger partial charge in [0.05, 0.1) is 39.6 Å². The van der Waals surface area contributed by atoms with E-state index in [1.54, 1.807) is 18.3 Å². The number of likely N-dealkylation sites (N-methyl/N-ethyl adjacent to an activating group) is 2. The molecule has 1 amide bonds. The fourth-order valence-corrected chi connectivity index (χ4v) is 4.30. The van der Waals surface area contributed by atoms with Gasteiger partial charge in [-0.05, 0) is 24.3 Å². The maximum Gasteiger partial charge on any atom is 0.247 e. The molecule has 11 heteroatoms. The van der Waals surface area contributed by atoms with Crippen LogP contribution in [0.4, 0.5) is 23.0 Å². The van der Waals surface area contributed by atoms with E-state index < -0.39 is 15.2 Å². The zero-order chi connectivity index (χ0) is 28.4. The van der Waals surface area contributed by atoms with Crippen LogP contribution in [0.1, 0.15) is 0 Å². The van der Waals surface area contributed by atoms with Crippen molar-refractivity contribution in [2.75, 3.05) is 52.0 Å². The zero-order valence-electron chi connectivity index (χ0n) is 22.8. The molecule has 2 aromatic heterocycles. The molecule has 4 rings (SSSR count). The number of para-hydroxylation sites is 1. The monoisotopic (exact) mass is 531 g/mol. The molecule has 0 aliphatic heterocycles. The standard InChI is InChI=1S/C28H33N7O4/c1-7-27(36)30-22-16-23(26(39-6)17-25(22)35(5,38)15-14-34(3,4)37)32-28-29-13-12-21(31-28)20-18-33(2)24-11-9-8-10-19(20)24/h7-13,16-18H,1,14-15H2,2-6H3,(H,30,36)(H,29,31,32). The Kier molecular flexibility index (Phi) is 7.70. The third kappa shape index (κ3) is 6.24. The van der Waals surface area contributed by atoms with Gasteiger partial charge in [0.2, 0.25) is 11.9 Å². The number of hydroxylamine groups is 5. The molecule has 0 fully saturated rings. The molecule has 2 heterocycles. The SMILES string of the molecule is C=CC(=O)Nc1cc(Nc2nccc(-c3cn(C)c4ccccc34)n2)c(OC)cc1[N+](C)([O-])CC[N+](C)(C)[O-]. The van der Waals surface area contributed by atoms with E-state index in [0.717, 1.165) is 28.2 Å². The van der Waals surface area contributed by atoms with Crippen molar-refractivity contribution in [2.24, 2.45) is 7.05 Å². The Balaban J connectivity index is 1.74. The summed E-state index contributed by atoms with van der Waals surface area (Å²) in [6, 6.07) is 13.0. The van der Waals surface area contributed by atoms with E-state index in [0.29, 0.717) is 17.4 Å².